The van der Waals surface area contributed by atoms with Gasteiger partial charge in [0.2, 0.25) is 5.56 Å². The van der Waals surface area contributed by atoms with Gasteiger partial charge in [0.15, 0.2) is 0 Å². The standard InChI is InChI=1S/C19H23N3O3/c1-25-17-4-2-3-15(13-17)7-8-21-9-11-22(12-10-21)19(24)16-5-6-18(23)20-14-16/h2-6,13-14H,7-12H2,1H3,(H,20,23). The number of benzene rings is 1. The molecule has 0 bridgehead atoms. The maximum absolute atomic E-state index is 12.4. The summed E-state index contributed by atoms with van der Waals surface area (Å²) >= 11 is 0. The Morgan fingerprint density at radius 2 is 1.96 bits per heavy atom. The molecule has 1 aromatic carbocycles. The van der Waals surface area contributed by atoms with E-state index in [1.54, 1.807) is 13.2 Å². The Balaban J connectivity index is 1.49. The van der Waals surface area contributed by atoms with Gasteiger partial charge in [0, 0.05) is 45.0 Å². The van der Waals surface area contributed by atoms with Crippen LogP contribution in [0.3, 0.4) is 0 Å². The van der Waals surface area contributed by atoms with Gasteiger partial charge in [0.25, 0.3) is 5.91 Å². The van der Waals surface area contributed by atoms with Crippen LogP contribution in [0, 0.1) is 0 Å². The molecule has 1 aromatic heterocycles. The van der Waals surface area contributed by atoms with E-state index < -0.39 is 0 Å². The zero-order valence-corrected chi connectivity index (χ0v) is 14.4. The molecule has 1 aliphatic rings. The maximum atomic E-state index is 12.4. The van der Waals surface area contributed by atoms with Gasteiger partial charge in [-0.05, 0) is 30.2 Å². The molecular weight excluding hydrogens is 318 g/mol. The van der Waals surface area contributed by atoms with E-state index in [0.717, 1.165) is 31.8 Å². The first-order valence-electron chi connectivity index (χ1n) is 8.49. The number of rotatable bonds is 5. The smallest absolute Gasteiger partial charge is 0.255 e. The average Bonchev–Trinajstić information content (AvgIpc) is 2.67. The van der Waals surface area contributed by atoms with Gasteiger partial charge >= 0.3 is 0 Å². The van der Waals surface area contributed by atoms with Crippen LogP contribution in [0.5, 0.6) is 5.75 Å². The molecule has 6 nitrogen and oxygen atoms in total. The number of hydrogen-bond acceptors (Lipinski definition) is 4. The second-order valence-corrected chi connectivity index (χ2v) is 6.18. The van der Waals surface area contributed by atoms with Gasteiger partial charge in [-0.15, -0.1) is 0 Å². The molecule has 6 heteroatoms. The normalized spacial score (nSPS) is 15.2. The van der Waals surface area contributed by atoms with Crippen molar-refractivity contribution in [3.63, 3.8) is 0 Å². The molecule has 132 valence electrons. The maximum Gasteiger partial charge on any atom is 0.255 e. The summed E-state index contributed by atoms with van der Waals surface area (Å²) < 4.78 is 5.26. The van der Waals surface area contributed by atoms with Crippen molar-refractivity contribution < 1.29 is 9.53 Å². The van der Waals surface area contributed by atoms with Gasteiger partial charge in [-0.3, -0.25) is 14.5 Å². The lowest BCUT2D eigenvalue weighted by Gasteiger charge is -2.34. The monoisotopic (exact) mass is 341 g/mol. The molecule has 1 amide bonds. The number of H-pyrrole nitrogens is 1. The quantitative estimate of drug-likeness (QED) is 0.892. The Morgan fingerprint density at radius 3 is 2.64 bits per heavy atom. The lowest BCUT2D eigenvalue weighted by atomic mass is 10.1. The number of piperazine rings is 1. The fraction of sp³-hybridized carbons (Fsp3) is 0.368. The van der Waals surface area contributed by atoms with Crippen LogP contribution in [-0.2, 0) is 6.42 Å². The number of nitrogens with zero attached hydrogens (tertiary/aromatic N) is 2. The number of nitrogens with one attached hydrogen (secondary N) is 1. The molecule has 2 aromatic rings. The number of carbonyl (C=O) groups excluding carboxylic acids is 1. The van der Waals surface area contributed by atoms with E-state index in [-0.39, 0.29) is 11.5 Å². The Morgan fingerprint density at radius 1 is 1.16 bits per heavy atom. The van der Waals surface area contributed by atoms with Crippen molar-refractivity contribution in [1.82, 2.24) is 14.8 Å². The zero-order valence-electron chi connectivity index (χ0n) is 14.4. The summed E-state index contributed by atoms with van der Waals surface area (Å²) in [7, 11) is 1.68. The SMILES string of the molecule is COc1cccc(CCN2CCN(C(=O)c3ccc(=O)[nH]c3)CC2)c1. The first-order valence-corrected chi connectivity index (χ1v) is 8.49. The highest BCUT2D eigenvalue weighted by atomic mass is 16.5. The van der Waals surface area contributed by atoms with Crippen LogP contribution in [0.15, 0.2) is 47.4 Å². The van der Waals surface area contributed by atoms with Gasteiger partial charge in [0.1, 0.15) is 5.75 Å². The Kier molecular flexibility index (Phi) is 5.50. The number of aromatic nitrogens is 1. The fourth-order valence-electron chi connectivity index (χ4n) is 3.02. The average molecular weight is 341 g/mol. The van der Waals surface area contributed by atoms with Crippen LogP contribution < -0.4 is 10.3 Å². The molecule has 0 atom stereocenters. The molecule has 0 radical (unpaired) electrons. The lowest BCUT2D eigenvalue weighted by Crippen LogP contribution is -2.49. The topological polar surface area (TPSA) is 65.6 Å². The van der Waals surface area contributed by atoms with E-state index in [4.69, 9.17) is 4.74 Å². The Hall–Kier alpha value is -2.60. The Bertz CT molecular complexity index is 759. The second-order valence-electron chi connectivity index (χ2n) is 6.18. The molecule has 1 N–H and O–H groups in total. The number of pyridine rings is 1. The van der Waals surface area contributed by atoms with Crippen LogP contribution in [0.2, 0.25) is 0 Å². The van der Waals surface area contributed by atoms with Crippen molar-refractivity contribution in [3.05, 3.63) is 64.1 Å². The number of carbonyl (C=O) groups is 1. The van der Waals surface area contributed by atoms with E-state index in [9.17, 15) is 9.59 Å². The summed E-state index contributed by atoms with van der Waals surface area (Å²) in [6, 6.07) is 11.1. The van der Waals surface area contributed by atoms with E-state index in [1.807, 2.05) is 17.0 Å². The third-order valence-corrected chi connectivity index (χ3v) is 4.54. The van der Waals surface area contributed by atoms with Crippen LogP contribution in [0.25, 0.3) is 0 Å². The molecule has 1 aliphatic heterocycles. The minimum Gasteiger partial charge on any atom is -0.497 e. The fourth-order valence-corrected chi connectivity index (χ4v) is 3.02. The van der Waals surface area contributed by atoms with E-state index in [0.29, 0.717) is 18.7 Å². The second kappa shape index (κ2) is 7.98. The summed E-state index contributed by atoms with van der Waals surface area (Å²) in [5, 5.41) is 0. The molecule has 0 aliphatic carbocycles. The van der Waals surface area contributed by atoms with Gasteiger partial charge < -0.3 is 14.6 Å². The molecule has 2 heterocycles. The predicted molar refractivity (Wildman–Crippen MR) is 96.1 cm³/mol. The third-order valence-electron chi connectivity index (χ3n) is 4.54. The highest BCUT2D eigenvalue weighted by molar-refractivity contribution is 5.93. The van der Waals surface area contributed by atoms with Gasteiger partial charge in [-0.1, -0.05) is 12.1 Å². The van der Waals surface area contributed by atoms with Crippen molar-refractivity contribution in [3.8, 4) is 5.75 Å². The van der Waals surface area contributed by atoms with E-state index in [1.165, 1.54) is 17.8 Å². The minimum absolute atomic E-state index is 0.0244. The van der Waals surface area contributed by atoms with Crippen molar-refractivity contribution in [2.75, 3.05) is 39.8 Å². The number of hydrogen-bond donors (Lipinski definition) is 1. The first kappa shape index (κ1) is 17.2. The van der Waals surface area contributed by atoms with E-state index in [2.05, 4.69) is 22.0 Å². The zero-order chi connectivity index (χ0) is 17.6. The molecule has 0 spiro atoms. The number of amides is 1. The van der Waals surface area contributed by atoms with Crippen LogP contribution in [0.1, 0.15) is 15.9 Å². The van der Waals surface area contributed by atoms with Gasteiger partial charge in [0.05, 0.1) is 12.7 Å². The largest absolute Gasteiger partial charge is 0.497 e. The molecule has 3 rings (SSSR count). The van der Waals surface area contributed by atoms with Gasteiger partial charge in [-0.25, -0.2) is 0 Å². The number of ether oxygens (including phenoxy) is 1. The molecule has 25 heavy (non-hydrogen) atoms. The van der Waals surface area contributed by atoms with E-state index >= 15 is 0 Å². The number of methoxy groups -OCH3 is 1. The summed E-state index contributed by atoms with van der Waals surface area (Å²) in [6.45, 7) is 4.10. The predicted octanol–water partition coefficient (Wildman–Crippen LogP) is 1.38. The van der Waals surface area contributed by atoms with Crippen LogP contribution in [-0.4, -0.2) is 60.5 Å². The van der Waals surface area contributed by atoms with Crippen molar-refractivity contribution in [1.29, 1.82) is 0 Å². The molecule has 0 unspecified atom stereocenters. The van der Waals surface area contributed by atoms with Crippen LogP contribution in [0.4, 0.5) is 0 Å². The summed E-state index contributed by atoms with van der Waals surface area (Å²) in [4.78, 5) is 30.3. The number of aromatic amines is 1. The van der Waals surface area contributed by atoms with Crippen molar-refractivity contribution in [2.24, 2.45) is 0 Å². The highest BCUT2D eigenvalue weighted by Crippen LogP contribution is 2.14. The molecule has 1 fully saturated rings. The van der Waals surface area contributed by atoms with Gasteiger partial charge in [-0.2, -0.15) is 0 Å². The minimum atomic E-state index is -0.195. The third kappa shape index (κ3) is 4.48. The summed E-state index contributed by atoms with van der Waals surface area (Å²) in [5.74, 6) is 0.859. The highest BCUT2D eigenvalue weighted by Gasteiger charge is 2.22. The summed E-state index contributed by atoms with van der Waals surface area (Å²) in [5.41, 5.74) is 1.59. The first-order chi connectivity index (χ1) is 12.2. The van der Waals surface area contributed by atoms with Crippen LogP contribution >= 0.6 is 0 Å². The molecular formula is C19H23N3O3. The van der Waals surface area contributed by atoms with Crippen molar-refractivity contribution in [2.45, 2.75) is 6.42 Å². The lowest BCUT2D eigenvalue weighted by molar-refractivity contribution is 0.0638. The van der Waals surface area contributed by atoms with Crippen molar-refractivity contribution >= 4 is 5.91 Å². The molecule has 0 saturated carbocycles. The Labute approximate surface area is 147 Å². The summed E-state index contributed by atoms with van der Waals surface area (Å²) in [6.07, 6.45) is 2.45. The molecule has 1 saturated heterocycles.